The monoisotopic (exact) mass is 529 g/mol. The van der Waals surface area contributed by atoms with Crippen LogP contribution in [0.15, 0.2) is 6.20 Å². The van der Waals surface area contributed by atoms with E-state index in [4.69, 9.17) is 9.84 Å². The summed E-state index contributed by atoms with van der Waals surface area (Å²) in [5.41, 5.74) is 0.522. The van der Waals surface area contributed by atoms with Crippen LogP contribution >= 0.6 is 0 Å². The van der Waals surface area contributed by atoms with E-state index in [1.165, 1.54) is 32.1 Å². The SMILES string of the molecule is CC(C)COc1c(C(=O)NC2C3CC4CC(C3)CC2C4)cnn1CCN1CCN(C(=O)CCC(=O)O)CC1. The molecule has 210 valence electrons. The zero-order chi connectivity index (χ0) is 26.8. The molecule has 10 heteroatoms. The first-order valence-electron chi connectivity index (χ1n) is 14.5. The molecule has 1 aliphatic heterocycles. The molecule has 1 aromatic rings. The summed E-state index contributed by atoms with van der Waals surface area (Å²) in [4.78, 5) is 40.5. The van der Waals surface area contributed by atoms with Crippen molar-refractivity contribution in [2.24, 2.45) is 29.6 Å². The summed E-state index contributed by atoms with van der Waals surface area (Å²) in [6.07, 6.45) is 7.99. The number of nitrogens with one attached hydrogen (secondary N) is 1. The molecule has 6 rings (SSSR count). The third-order valence-electron chi connectivity index (χ3n) is 9.02. The molecule has 0 spiro atoms. The van der Waals surface area contributed by atoms with E-state index in [-0.39, 0.29) is 30.7 Å². The predicted molar refractivity (Wildman–Crippen MR) is 141 cm³/mol. The Morgan fingerprint density at radius 3 is 2.26 bits per heavy atom. The maximum atomic E-state index is 13.5. The number of carboxylic acids is 1. The molecule has 38 heavy (non-hydrogen) atoms. The lowest BCUT2D eigenvalue weighted by molar-refractivity contribution is -0.141. The molecule has 0 unspecified atom stereocenters. The summed E-state index contributed by atoms with van der Waals surface area (Å²) in [6.45, 7) is 8.64. The van der Waals surface area contributed by atoms with E-state index in [1.807, 2.05) is 0 Å². The first-order chi connectivity index (χ1) is 18.3. The Morgan fingerprint density at radius 1 is 1.00 bits per heavy atom. The van der Waals surface area contributed by atoms with Gasteiger partial charge in [-0.1, -0.05) is 13.8 Å². The quantitative estimate of drug-likeness (QED) is 0.452. The Kier molecular flexibility index (Phi) is 8.26. The third kappa shape index (κ3) is 6.16. The Bertz CT molecular complexity index is 987. The highest BCUT2D eigenvalue weighted by Crippen LogP contribution is 2.53. The van der Waals surface area contributed by atoms with Gasteiger partial charge in [-0.15, -0.1) is 0 Å². The van der Waals surface area contributed by atoms with Gasteiger partial charge in [-0.05, 0) is 61.7 Å². The number of aliphatic carboxylic acids is 1. The fraction of sp³-hybridized carbons (Fsp3) is 0.786. The number of amides is 2. The number of piperazine rings is 1. The van der Waals surface area contributed by atoms with Crippen molar-refractivity contribution in [3.63, 3.8) is 0 Å². The Balaban J connectivity index is 1.18. The van der Waals surface area contributed by atoms with Gasteiger partial charge in [0.1, 0.15) is 5.56 Å². The van der Waals surface area contributed by atoms with Crippen LogP contribution in [-0.2, 0) is 16.1 Å². The van der Waals surface area contributed by atoms with Gasteiger partial charge in [0.25, 0.3) is 5.91 Å². The number of carboxylic acid groups (broad SMARTS) is 1. The van der Waals surface area contributed by atoms with Crippen LogP contribution in [0.25, 0.3) is 0 Å². The zero-order valence-electron chi connectivity index (χ0n) is 22.8. The number of nitrogens with zero attached hydrogens (tertiary/aromatic N) is 4. The molecule has 4 aliphatic carbocycles. The average Bonchev–Trinajstić information content (AvgIpc) is 3.29. The topological polar surface area (TPSA) is 117 Å². The summed E-state index contributed by atoms with van der Waals surface area (Å²) < 4.78 is 7.96. The van der Waals surface area contributed by atoms with Gasteiger partial charge >= 0.3 is 5.97 Å². The van der Waals surface area contributed by atoms with Gasteiger partial charge in [-0.3, -0.25) is 19.3 Å². The van der Waals surface area contributed by atoms with E-state index in [0.29, 0.717) is 55.4 Å². The normalized spacial score (nSPS) is 28.6. The summed E-state index contributed by atoms with van der Waals surface area (Å²) in [5, 5.41) is 16.8. The summed E-state index contributed by atoms with van der Waals surface area (Å²) in [7, 11) is 0. The van der Waals surface area contributed by atoms with Crippen molar-refractivity contribution in [1.29, 1.82) is 0 Å². The van der Waals surface area contributed by atoms with Gasteiger partial charge in [-0.25, -0.2) is 4.68 Å². The van der Waals surface area contributed by atoms with Crippen molar-refractivity contribution in [2.45, 2.75) is 71.4 Å². The minimum Gasteiger partial charge on any atom is -0.481 e. The molecule has 5 aliphatic rings. The van der Waals surface area contributed by atoms with Gasteiger partial charge in [0.05, 0.1) is 25.8 Å². The third-order valence-corrected chi connectivity index (χ3v) is 9.02. The first kappa shape index (κ1) is 27.0. The lowest BCUT2D eigenvalue weighted by Gasteiger charge is -2.54. The lowest BCUT2D eigenvalue weighted by Crippen LogP contribution is -2.55. The largest absolute Gasteiger partial charge is 0.481 e. The van der Waals surface area contributed by atoms with Crippen LogP contribution in [0.4, 0.5) is 0 Å². The maximum Gasteiger partial charge on any atom is 0.303 e. The van der Waals surface area contributed by atoms with Crippen LogP contribution in [-0.4, -0.2) is 87.8 Å². The van der Waals surface area contributed by atoms with Crippen molar-refractivity contribution in [3.05, 3.63) is 11.8 Å². The molecule has 0 radical (unpaired) electrons. The molecule has 5 fully saturated rings. The lowest BCUT2D eigenvalue weighted by atomic mass is 9.54. The van der Waals surface area contributed by atoms with Crippen LogP contribution in [0.5, 0.6) is 5.88 Å². The number of carbonyl (C=O) groups is 3. The van der Waals surface area contributed by atoms with E-state index < -0.39 is 5.97 Å². The van der Waals surface area contributed by atoms with E-state index >= 15 is 0 Å². The second-order valence-electron chi connectivity index (χ2n) is 12.3. The molecule has 0 aromatic carbocycles. The van der Waals surface area contributed by atoms with Crippen molar-refractivity contribution in [1.82, 2.24) is 24.9 Å². The van der Waals surface area contributed by atoms with Gasteiger partial charge in [0, 0.05) is 45.2 Å². The highest BCUT2D eigenvalue weighted by molar-refractivity contribution is 5.96. The number of aromatic nitrogens is 2. The second-order valence-corrected chi connectivity index (χ2v) is 12.3. The highest BCUT2D eigenvalue weighted by Gasteiger charge is 2.48. The minimum atomic E-state index is -0.946. The van der Waals surface area contributed by atoms with Gasteiger partial charge < -0.3 is 20.1 Å². The predicted octanol–water partition coefficient (Wildman–Crippen LogP) is 2.48. The Labute approximate surface area is 225 Å². The number of hydrogen-bond acceptors (Lipinski definition) is 6. The fourth-order valence-electron chi connectivity index (χ4n) is 7.31. The summed E-state index contributed by atoms with van der Waals surface area (Å²) >= 11 is 0. The molecular weight excluding hydrogens is 486 g/mol. The van der Waals surface area contributed by atoms with E-state index in [9.17, 15) is 14.4 Å². The molecule has 4 saturated carbocycles. The average molecular weight is 530 g/mol. The molecule has 1 aromatic heterocycles. The standard InChI is InChI=1S/C28H43N5O5/c1-18(2)17-38-28-23(27(37)30-26-21-12-19-11-20(14-21)15-22(26)13-19)16-29-33(28)10-7-31-5-8-32(9-6-31)24(34)3-4-25(35)36/h16,18-22,26H,3-15,17H2,1-2H3,(H,30,37)(H,35,36). The van der Waals surface area contributed by atoms with Crippen LogP contribution < -0.4 is 10.1 Å². The minimum absolute atomic E-state index is 0.0491. The molecule has 4 bridgehead atoms. The summed E-state index contributed by atoms with van der Waals surface area (Å²) in [6, 6.07) is 0.270. The number of rotatable bonds is 11. The first-order valence-corrected chi connectivity index (χ1v) is 14.5. The molecule has 1 saturated heterocycles. The van der Waals surface area contributed by atoms with Crippen molar-refractivity contribution in [3.8, 4) is 5.88 Å². The van der Waals surface area contributed by atoms with Crippen LogP contribution in [0.2, 0.25) is 0 Å². The molecule has 2 amide bonds. The van der Waals surface area contributed by atoms with Crippen LogP contribution in [0.3, 0.4) is 0 Å². The summed E-state index contributed by atoms with van der Waals surface area (Å²) in [5.74, 6) is 2.70. The van der Waals surface area contributed by atoms with Crippen LogP contribution in [0.1, 0.15) is 69.2 Å². The number of carbonyl (C=O) groups excluding carboxylic acids is 2. The van der Waals surface area contributed by atoms with E-state index in [1.54, 1.807) is 15.8 Å². The highest BCUT2D eigenvalue weighted by atomic mass is 16.5. The number of hydrogen-bond donors (Lipinski definition) is 2. The maximum absolute atomic E-state index is 13.5. The van der Waals surface area contributed by atoms with E-state index in [0.717, 1.165) is 31.5 Å². The second kappa shape index (κ2) is 11.6. The van der Waals surface area contributed by atoms with Gasteiger partial charge in [0.2, 0.25) is 11.8 Å². The molecule has 10 nitrogen and oxygen atoms in total. The number of ether oxygens (including phenoxy) is 1. The van der Waals surface area contributed by atoms with Gasteiger partial charge in [-0.2, -0.15) is 5.10 Å². The van der Waals surface area contributed by atoms with Crippen molar-refractivity contribution < 1.29 is 24.2 Å². The van der Waals surface area contributed by atoms with Crippen LogP contribution in [0, 0.1) is 29.6 Å². The molecule has 0 atom stereocenters. The zero-order valence-corrected chi connectivity index (χ0v) is 22.8. The Hall–Kier alpha value is -2.62. The smallest absolute Gasteiger partial charge is 0.303 e. The van der Waals surface area contributed by atoms with Crippen molar-refractivity contribution in [2.75, 3.05) is 39.3 Å². The Morgan fingerprint density at radius 2 is 1.66 bits per heavy atom. The van der Waals surface area contributed by atoms with E-state index in [2.05, 4.69) is 29.2 Å². The molecular formula is C28H43N5O5. The van der Waals surface area contributed by atoms with Gasteiger partial charge in [0.15, 0.2) is 0 Å². The van der Waals surface area contributed by atoms with Crippen molar-refractivity contribution >= 4 is 17.8 Å². The molecule has 2 heterocycles. The fourth-order valence-corrected chi connectivity index (χ4v) is 7.31. The molecule has 2 N–H and O–H groups in total.